The standard InChI is InChI=1S/C25H21FN4O3/c26-19-15-28-24(29-10-4-5-11-29)21-20(19)18(14-27-21)23(32)25(33)30-12-8-17(9-13-30)22(31)16-6-2-1-3-7-16/h1-7,10-11,14-15,17,27H,8-9,12-13H2. The molecule has 33 heavy (non-hydrogen) atoms. The molecule has 4 heterocycles. The quantitative estimate of drug-likeness (QED) is 0.375. The average molecular weight is 444 g/mol. The fraction of sp³-hybridized carbons (Fsp3) is 0.200. The van der Waals surface area contributed by atoms with Crippen LogP contribution in [0, 0.1) is 11.7 Å². The van der Waals surface area contributed by atoms with Crippen LogP contribution in [0.5, 0.6) is 0 Å². The van der Waals surface area contributed by atoms with Crippen LogP contribution in [0.25, 0.3) is 16.7 Å². The molecule has 1 fully saturated rings. The fourth-order valence-electron chi connectivity index (χ4n) is 4.39. The molecule has 0 radical (unpaired) electrons. The zero-order valence-corrected chi connectivity index (χ0v) is 17.7. The van der Waals surface area contributed by atoms with Gasteiger partial charge in [-0.2, -0.15) is 0 Å². The van der Waals surface area contributed by atoms with Crippen molar-refractivity contribution in [2.75, 3.05) is 13.1 Å². The summed E-state index contributed by atoms with van der Waals surface area (Å²) in [7, 11) is 0. The maximum absolute atomic E-state index is 14.7. The number of rotatable bonds is 5. The summed E-state index contributed by atoms with van der Waals surface area (Å²) >= 11 is 0. The Morgan fingerprint density at radius 1 is 1.00 bits per heavy atom. The Kier molecular flexibility index (Phi) is 5.34. The summed E-state index contributed by atoms with van der Waals surface area (Å²) in [4.78, 5) is 47.1. The Balaban J connectivity index is 1.34. The summed E-state index contributed by atoms with van der Waals surface area (Å²) in [6, 6.07) is 12.7. The topological polar surface area (TPSA) is 88.1 Å². The molecule has 1 amide bonds. The summed E-state index contributed by atoms with van der Waals surface area (Å²) < 4.78 is 16.4. The van der Waals surface area contributed by atoms with Crippen LogP contribution in [0.1, 0.15) is 33.6 Å². The van der Waals surface area contributed by atoms with Crippen molar-refractivity contribution < 1.29 is 18.8 Å². The highest BCUT2D eigenvalue weighted by Gasteiger charge is 2.32. The highest BCUT2D eigenvalue weighted by Crippen LogP contribution is 2.27. The number of Topliss-reactive ketones (excluding diaryl/α,β-unsaturated/α-hetero) is 2. The summed E-state index contributed by atoms with van der Waals surface area (Å²) in [5.41, 5.74) is 0.972. The summed E-state index contributed by atoms with van der Waals surface area (Å²) in [5.74, 6) is -1.85. The number of nitrogens with zero attached hydrogens (tertiary/aromatic N) is 3. The molecule has 0 aliphatic carbocycles. The lowest BCUT2D eigenvalue weighted by molar-refractivity contribution is -0.127. The van der Waals surface area contributed by atoms with E-state index < -0.39 is 17.5 Å². The lowest BCUT2D eigenvalue weighted by Crippen LogP contribution is -2.43. The number of ketones is 2. The Labute approximate surface area is 188 Å². The molecule has 3 aromatic heterocycles. The first-order chi connectivity index (χ1) is 16.0. The Morgan fingerprint density at radius 3 is 2.39 bits per heavy atom. The monoisotopic (exact) mass is 444 g/mol. The number of halogens is 1. The minimum Gasteiger partial charge on any atom is -0.357 e. The van der Waals surface area contributed by atoms with E-state index in [4.69, 9.17) is 0 Å². The van der Waals surface area contributed by atoms with Crippen molar-refractivity contribution in [1.82, 2.24) is 19.4 Å². The zero-order chi connectivity index (χ0) is 22.9. The van der Waals surface area contributed by atoms with E-state index in [0.717, 1.165) is 6.20 Å². The van der Waals surface area contributed by atoms with Gasteiger partial charge in [0.15, 0.2) is 17.4 Å². The van der Waals surface area contributed by atoms with Crippen molar-refractivity contribution in [3.63, 3.8) is 0 Å². The first kappa shape index (κ1) is 20.8. The molecule has 166 valence electrons. The number of aromatic nitrogens is 3. The minimum atomic E-state index is -0.780. The average Bonchev–Trinajstić information content (AvgIpc) is 3.55. The van der Waals surface area contributed by atoms with Crippen LogP contribution in [-0.4, -0.2) is 50.0 Å². The summed E-state index contributed by atoms with van der Waals surface area (Å²) in [5, 5.41) is 0.0428. The van der Waals surface area contributed by atoms with Crippen molar-refractivity contribution in [1.29, 1.82) is 0 Å². The van der Waals surface area contributed by atoms with Crippen molar-refractivity contribution >= 4 is 28.4 Å². The lowest BCUT2D eigenvalue weighted by Gasteiger charge is -2.30. The number of nitrogens with one attached hydrogen (secondary N) is 1. The smallest absolute Gasteiger partial charge is 0.295 e. The van der Waals surface area contributed by atoms with Gasteiger partial charge in [0.05, 0.1) is 22.7 Å². The number of benzene rings is 1. The minimum absolute atomic E-state index is 0.0224. The Bertz CT molecular complexity index is 1340. The number of hydrogen-bond donors (Lipinski definition) is 1. The number of piperidine rings is 1. The maximum atomic E-state index is 14.7. The largest absolute Gasteiger partial charge is 0.357 e. The molecular formula is C25H21FN4O3. The van der Waals surface area contributed by atoms with Gasteiger partial charge >= 0.3 is 0 Å². The molecule has 0 spiro atoms. The zero-order valence-electron chi connectivity index (χ0n) is 17.7. The van der Waals surface area contributed by atoms with E-state index >= 15 is 0 Å². The first-order valence-electron chi connectivity index (χ1n) is 10.8. The van der Waals surface area contributed by atoms with Gasteiger partial charge in [-0.25, -0.2) is 9.37 Å². The highest BCUT2D eigenvalue weighted by molar-refractivity contribution is 6.45. The molecule has 7 nitrogen and oxygen atoms in total. The molecular weight excluding hydrogens is 423 g/mol. The van der Waals surface area contributed by atoms with Crippen LogP contribution in [0.3, 0.4) is 0 Å². The first-order valence-corrected chi connectivity index (χ1v) is 10.8. The number of fused-ring (bicyclic) bond motifs is 1. The van der Waals surface area contributed by atoms with Gasteiger partial charge in [0.25, 0.3) is 11.7 Å². The van der Waals surface area contributed by atoms with Crippen molar-refractivity contribution in [3.05, 3.63) is 84.2 Å². The van der Waals surface area contributed by atoms with Gasteiger partial charge in [0.1, 0.15) is 0 Å². The lowest BCUT2D eigenvalue weighted by atomic mass is 9.88. The van der Waals surface area contributed by atoms with Gasteiger partial charge in [-0.05, 0) is 25.0 Å². The van der Waals surface area contributed by atoms with Crippen molar-refractivity contribution in [3.8, 4) is 5.82 Å². The molecule has 0 atom stereocenters. The van der Waals surface area contributed by atoms with Crippen LogP contribution in [0.15, 0.2) is 67.3 Å². The number of carbonyl (C=O) groups excluding carboxylic acids is 3. The predicted octanol–water partition coefficient (Wildman–Crippen LogP) is 3.80. The fourth-order valence-corrected chi connectivity index (χ4v) is 4.39. The molecule has 0 saturated carbocycles. The van der Waals surface area contributed by atoms with Crippen molar-refractivity contribution in [2.24, 2.45) is 5.92 Å². The second-order valence-electron chi connectivity index (χ2n) is 8.10. The molecule has 1 aliphatic heterocycles. The van der Waals surface area contributed by atoms with Crippen LogP contribution in [0.2, 0.25) is 0 Å². The molecule has 1 N–H and O–H groups in total. The van der Waals surface area contributed by atoms with E-state index in [1.165, 1.54) is 11.1 Å². The number of carbonyl (C=O) groups is 3. The molecule has 5 rings (SSSR count). The SMILES string of the molecule is O=C(C(=O)N1CCC(C(=O)c2ccccc2)CC1)c1c[nH]c2c(-n3cccc3)ncc(F)c12. The van der Waals surface area contributed by atoms with Crippen molar-refractivity contribution in [2.45, 2.75) is 12.8 Å². The molecule has 4 aromatic rings. The predicted molar refractivity (Wildman–Crippen MR) is 120 cm³/mol. The summed E-state index contributed by atoms with van der Waals surface area (Å²) in [6.45, 7) is 0.601. The van der Waals surface area contributed by atoms with Gasteiger partial charge in [-0.3, -0.25) is 14.4 Å². The van der Waals surface area contributed by atoms with Crippen LogP contribution in [0.4, 0.5) is 4.39 Å². The van der Waals surface area contributed by atoms with Gasteiger partial charge in [-0.1, -0.05) is 30.3 Å². The highest BCUT2D eigenvalue weighted by atomic mass is 19.1. The number of aromatic amines is 1. The molecule has 8 heteroatoms. The van der Waals surface area contributed by atoms with E-state index in [0.29, 0.717) is 42.8 Å². The van der Waals surface area contributed by atoms with E-state index in [-0.39, 0.29) is 22.7 Å². The Hall–Kier alpha value is -4.07. The summed E-state index contributed by atoms with van der Waals surface area (Å²) in [6.07, 6.45) is 6.89. The van der Waals surface area contributed by atoms with E-state index in [1.807, 2.05) is 30.3 Å². The third-order valence-electron chi connectivity index (χ3n) is 6.14. The normalized spacial score (nSPS) is 14.5. The number of likely N-dealkylation sites (tertiary alicyclic amines) is 1. The van der Waals surface area contributed by atoms with Gasteiger partial charge < -0.3 is 14.5 Å². The van der Waals surface area contributed by atoms with Gasteiger partial charge in [0, 0.05) is 43.2 Å². The number of hydrogen-bond acceptors (Lipinski definition) is 4. The van der Waals surface area contributed by atoms with Gasteiger partial charge in [0.2, 0.25) is 0 Å². The molecule has 0 bridgehead atoms. The molecule has 1 saturated heterocycles. The van der Waals surface area contributed by atoms with E-state index in [2.05, 4.69) is 9.97 Å². The van der Waals surface area contributed by atoms with E-state index in [9.17, 15) is 18.8 Å². The van der Waals surface area contributed by atoms with Crippen LogP contribution < -0.4 is 0 Å². The van der Waals surface area contributed by atoms with E-state index in [1.54, 1.807) is 29.1 Å². The molecule has 0 unspecified atom stereocenters. The second kappa shape index (κ2) is 8.46. The number of H-pyrrole nitrogens is 1. The Morgan fingerprint density at radius 2 is 1.70 bits per heavy atom. The third kappa shape index (κ3) is 3.73. The van der Waals surface area contributed by atoms with Crippen LogP contribution in [-0.2, 0) is 4.79 Å². The van der Waals surface area contributed by atoms with Gasteiger partial charge in [-0.15, -0.1) is 0 Å². The number of pyridine rings is 1. The number of amides is 1. The molecule has 1 aliphatic rings. The van der Waals surface area contributed by atoms with Crippen LogP contribution >= 0.6 is 0 Å². The second-order valence-corrected chi connectivity index (χ2v) is 8.10. The third-order valence-corrected chi connectivity index (χ3v) is 6.14. The maximum Gasteiger partial charge on any atom is 0.295 e. The molecule has 1 aromatic carbocycles.